The van der Waals surface area contributed by atoms with Crippen molar-refractivity contribution in [2.75, 3.05) is 19.7 Å². The lowest BCUT2D eigenvalue weighted by atomic mass is 10.0. The normalized spacial score (nSPS) is 17.1. The number of ether oxygens (including phenoxy) is 1. The number of hydrogen-bond acceptors (Lipinski definition) is 4. The Morgan fingerprint density at radius 2 is 1.88 bits per heavy atom. The van der Waals surface area contributed by atoms with E-state index in [9.17, 15) is 9.59 Å². The van der Waals surface area contributed by atoms with Gasteiger partial charge in [0.25, 0.3) is 0 Å². The van der Waals surface area contributed by atoms with Crippen LogP contribution in [0.1, 0.15) is 65.7 Å². The van der Waals surface area contributed by atoms with Crippen molar-refractivity contribution in [2.24, 2.45) is 5.92 Å². The average molecular weight is 335 g/mol. The van der Waals surface area contributed by atoms with Crippen molar-refractivity contribution in [2.45, 2.75) is 65.7 Å². The Hall–Kier alpha value is -1.58. The molecule has 1 aliphatic rings. The monoisotopic (exact) mass is 335 g/mol. The lowest BCUT2D eigenvalue weighted by Gasteiger charge is -2.24. The summed E-state index contributed by atoms with van der Waals surface area (Å²) in [6.07, 6.45) is 13.4. The Morgan fingerprint density at radius 1 is 1.17 bits per heavy atom. The summed E-state index contributed by atoms with van der Waals surface area (Å²) in [5, 5.41) is 0. The molecule has 0 aromatic heterocycles. The summed E-state index contributed by atoms with van der Waals surface area (Å²) in [4.78, 5) is 26.2. The van der Waals surface area contributed by atoms with E-state index in [0.29, 0.717) is 12.5 Å². The van der Waals surface area contributed by atoms with Gasteiger partial charge >= 0.3 is 5.97 Å². The first kappa shape index (κ1) is 20.5. The molecule has 0 saturated carbocycles. The Labute approximate surface area is 146 Å². The van der Waals surface area contributed by atoms with Crippen LogP contribution in [-0.2, 0) is 14.3 Å². The topological polar surface area (TPSA) is 46.6 Å². The fourth-order valence-electron chi connectivity index (χ4n) is 2.83. The van der Waals surface area contributed by atoms with Gasteiger partial charge in [0.2, 0.25) is 0 Å². The van der Waals surface area contributed by atoms with E-state index in [1.54, 1.807) is 12.2 Å². The van der Waals surface area contributed by atoms with E-state index in [1.165, 1.54) is 26.2 Å². The first-order valence-corrected chi connectivity index (χ1v) is 9.39. The van der Waals surface area contributed by atoms with Gasteiger partial charge in [0, 0.05) is 13.1 Å². The maximum absolute atomic E-state index is 12.2. The van der Waals surface area contributed by atoms with Crippen LogP contribution >= 0.6 is 0 Å². The average Bonchev–Trinajstić information content (AvgIpc) is 2.59. The highest BCUT2D eigenvalue weighted by molar-refractivity contribution is 6.16. The maximum Gasteiger partial charge on any atom is 0.341 e. The van der Waals surface area contributed by atoms with Gasteiger partial charge in [-0.3, -0.25) is 4.79 Å². The summed E-state index contributed by atoms with van der Waals surface area (Å²) in [5.74, 6) is -0.364. The first-order chi connectivity index (χ1) is 11.6. The molecule has 1 aliphatic heterocycles. The van der Waals surface area contributed by atoms with Gasteiger partial charge in [-0.1, -0.05) is 33.1 Å². The molecule has 0 aliphatic carbocycles. The van der Waals surface area contributed by atoms with Crippen LogP contribution < -0.4 is 0 Å². The molecular weight excluding hydrogens is 302 g/mol. The SMILES string of the molecule is CCCCC(CC)COC(=O)C(=CC=CN1CCCCC1)C(C)=O. The van der Waals surface area contributed by atoms with Crippen molar-refractivity contribution in [3.05, 3.63) is 23.9 Å². The molecule has 1 fully saturated rings. The summed E-state index contributed by atoms with van der Waals surface area (Å²) in [6, 6.07) is 0. The van der Waals surface area contributed by atoms with Crippen LogP contribution in [0, 0.1) is 5.92 Å². The van der Waals surface area contributed by atoms with Crippen LogP contribution in [-0.4, -0.2) is 36.3 Å². The molecule has 0 bridgehead atoms. The summed E-state index contributed by atoms with van der Waals surface area (Å²) in [7, 11) is 0. The molecule has 0 radical (unpaired) electrons. The summed E-state index contributed by atoms with van der Waals surface area (Å²) in [5.41, 5.74) is 0.133. The standard InChI is InChI=1S/C20H33NO3/c1-4-6-11-18(5-2)16-24-20(23)19(17(3)22)12-10-15-21-13-8-7-9-14-21/h10,12,15,18H,4-9,11,13-14,16H2,1-3H3. The second kappa shape index (κ2) is 11.9. The van der Waals surface area contributed by atoms with E-state index >= 15 is 0 Å². The second-order valence-corrected chi connectivity index (χ2v) is 6.59. The zero-order valence-electron chi connectivity index (χ0n) is 15.6. The number of esters is 1. The third-order valence-corrected chi connectivity index (χ3v) is 4.54. The Kier molecular flexibility index (Phi) is 10.1. The number of unbranched alkanes of at least 4 members (excludes halogenated alkanes) is 1. The molecule has 1 rings (SSSR count). The minimum atomic E-state index is -0.499. The molecule has 0 aromatic carbocycles. The number of likely N-dealkylation sites (tertiary alicyclic amines) is 1. The van der Waals surface area contributed by atoms with Gasteiger partial charge in [0.1, 0.15) is 5.57 Å². The molecule has 0 spiro atoms. The largest absolute Gasteiger partial charge is 0.462 e. The third kappa shape index (κ3) is 7.80. The van der Waals surface area contributed by atoms with Gasteiger partial charge in [0.05, 0.1) is 6.61 Å². The number of rotatable bonds is 10. The van der Waals surface area contributed by atoms with Crippen LogP contribution in [0.15, 0.2) is 23.9 Å². The molecule has 1 saturated heterocycles. The smallest absolute Gasteiger partial charge is 0.341 e. The van der Waals surface area contributed by atoms with Gasteiger partial charge in [-0.25, -0.2) is 4.79 Å². The zero-order valence-corrected chi connectivity index (χ0v) is 15.6. The Morgan fingerprint density at radius 3 is 2.46 bits per heavy atom. The summed E-state index contributed by atoms with van der Waals surface area (Å²) >= 11 is 0. The molecule has 136 valence electrons. The van der Waals surface area contributed by atoms with Gasteiger partial charge in [0.15, 0.2) is 5.78 Å². The maximum atomic E-state index is 12.2. The third-order valence-electron chi connectivity index (χ3n) is 4.54. The summed E-state index contributed by atoms with van der Waals surface area (Å²) < 4.78 is 5.38. The summed E-state index contributed by atoms with van der Waals surface area (Å²) in [6.45, 7) is 8.16. The first-order valence-electron chi connectivity index (χ1n) is 9.39. The molecule has 1 heterocycles. The number of ketones is 1. The minimum absolute atomic E-state index is 0.133. The van der Waals surface area contributed by atoms with Gasteiger partial charge in [-0.2, -0.15) is 0 Å². The molecule has 1 unspecified atom stereocenters. The number of hydrogen-bond donors (Lipinski definition) is 0. The molecule has 4 heteroatoms. The Bertz CT molecular complexity index is 448. The lowest BCUT2D eigenvalue weighted by Crippen LogP contribution is -2.24. The van der Waals surface area contributed by atoms with Crippen LogP contribution in [0.25, 0.3) is 0 Å². The molecule has 0 aromatic rings. The van der Waals surface area contributed by atoms with E-state index in [2.05, 4.69) is 18.7 Å². The van der Waals surface area contributed by atoms with E-state index < -0.39 is 5.97 Å². The molecule has 4 nitrogen and oxygen atoms in total. The predicted octanol–water partition coefficient (Wildman–Crippen LogP) is 4.26. The zero-order chi connectivity index (χ0) is 17.8. The van der Waals surface area contributed by atoms with Crippen molar-refractivity contribution in [1.82, 2.24) is 4.90 Å². The highest BCUT2D eigenvalue weighted by Gasteiger charge is 2.17. The van der Waals surface area contributed by atoms with Crippen molar-refractivity contribution < 1.29 is 14.3 Å². The minimum Gasteiger partial charge on any atom is -0.462 e. The number of Topliss-reactive ketones (excluding diaryl/α,β-unsaturated/α-hetero) is 1. The fraction of sp³-hybridized carbons (Fsp3) is 0.700. The number of nitrogens with zero attached hydrogens (tertiary/aromatic N) is 1. The number of allylic oxidation sites excluding steroid dienone is 2. The number of piperidine rings is 1. The van der Waals surface area contributed by atoms with Crippen LogP contribution in [0.2, 0.25) is 0 Å². The molecular formula is C20H33NO3. The van der Waals surface area contributed by atoms with Crippen molar-refractivity contribution in [1.29, 1.82) is 0 Å². The highest BCUT2D eigenvalue weighted by Crippen LogP contribution is 2.14. The quantitative estimate of drug-likeness (QED) is 0.197. The predicted molar refractivity (Wildman–Crippen MR) is 97.6 cm³/mol. The van der Waals surface area contributed by atoms with Crippen molar-refractivity contribution in [3.63, 3.8) is 0 Å². The van der Waals surface area contributed by atoms with Crippen molar-refractivity contribution >= 4 is 11.8 Å². The molecule has 1 atom stereocenters. The van der Waals surface area contributed by atoms with Crippen LogP contribution in [0.3, 0.4) is 0 Å². The van der Waals surface area contributed by atoms with E-state index in [1.807, 2.05) is 6.20 Å². The van der Waals surface area contributed by atoms with E-state index in [-0.39, 0.29) is 11.4 Å². The molecule has 24 heavy (non-hydrogen) atoms. The molecule has 0 amide bonds. The van der Waals surface area contributed by atoms with Gasteiger partial charge in [-0.15, -0.1) is 0 Å². The van der Waals surface area contributed by atoms with Crippen molar-refractivity contribution in [3.8, 4) is 0 Å². The van der Waals surface area contributed by atoms with Gasteiger partial charge < -0.3 is 9.64 Å². The second-order valence-electron chi connectivity index (χ2n) is 6.59. The molecule has 0 N–H and O–H groups in total. The fourth-order valence-corrected chi connectivity index (χ4v) is 2.83. The van der Waals surface area contributed by atoms with E-state index in [0.717, 1.165) is 38.8 Å². The van der Waals surface area contributed by atoms with E-state index in [4.69, 9.17) is 4.74 Å². The Balaban J connectivity index is 2.55. The van der Waals surface area contributed by atoms with Crippen LogP contribution in [0.5, 0.6) is 0 Å². The van der Waals surface area contributed by atoms with Crippen LogP contribution in [0.4, 0.5) is 0 Å². The lowest BCUT2D eigenvalue weighted by molar-refractivity contribution is -0.141. The number of carbonyl (C=O) groups is 2. The number of carbonyl (C=O) groups excluding carboxylic acids is 2. The van der Waals surface area contributed by atoms with Gasteiger partial charge in [-0.05, 0) is 56.9 Å². The highest BCUT2D eigenvalue weighted by atomic mass is 16.5.